The van der Waals surface area contributed by atoms with Gasteiger partial charge in [-0.15, -0.1) is 0 Å². The standard InChI is InChI=1S/C40H60N6O7.C34H51N7O5.2CH4/c1-25(13-12-18-44-38(42)43)34(48)24-30(22-32-26(2)19-31(47)20-27(32)3)37(51)46-33(16-10-11-17-45-39(52)53-40(4,5)6)35(49)23-29(36(41)50)21-28-14-8-7-9-15-28;1-21-15-26(42)16-22(2)27(21)18-25(20-30(43)28(36)11-8-14-40-34(38)39)33(46)41-29(12-6-7-13-35)31(44)19-24(32(37)45)17-23-9-4-3-5-10-23;;/h7-9,14-15,19-20,25,29-30,33,47H,10-13,16-18,21-24H2,1-6H3,(H2,41,50)(H,45,52)(H,46,51)(H4,42,43,44);3-5,9-10,15-16,24-25,28-29,42H,6-8,11-14,17-20,35-36H2,1-2H3,(H2,37,45)(H,41,46)(H4,38,39,40);2*1H4/t25-,29-,30-,33+;24-,25-,28-,29+;;/m11../s1. The van der Waals surface area contributed by atoms with Gasteiger partial charge in [0.1, 0.15) is 28.7 Å². The van der Waals surface area contributed by atoms with Crippen LogP contribution in [0.1, 0.15) is 177 Å². The number of rotatable bonds is 43. The molecule has 0 aliphatic heterocycles. The van der Waals surface area contributed by atoms with Crippen molar-refractivity contribution < 1.29 is 58.1 Å². The Kier molecular flexibility index (Phi) is 41.1. The first-order valence-corrected chi connectivity index (χ1v) is 34.2. The van der Waals surface area contributed by atoms with Crippen LogP contribution in [0.2, 0.25) is 0 Å². The van der Waals surface area contributed by atoms with Gasteiger partial charge < -0.3 is 76.8 Å². The minimum atomic E-state index is -0.974. The van der Waals surface area contributed by atoms with Crippen molar-refractivity contribution in [3.8, 4) is 11.5 Å². The van der Waals surface area contributed by atoms with E-state index in [1.807, 2.05) is 88.4 Å². The summed E-state index contributed by atoms with van der Waals surface area (Å²) >= 11 is 0. The SMILES string of the molecule is C.C.Cc1cc(O)cc(C)c1C[C@H](CC(=O)[C@H](C)CCCN=C(N)N)C(=O)N[C@@H](CCCCNC(=O)OC(C)(C)C)C(=O)C[C@@H](Cc1ccccc1)C(N)=O.Cc1cc(O)cc(C)c1C[C@H](CC(=O)[C@H](N)CCCN=C(N)N)C(=O)N[C@@H](CCCCN)C(=O)C[C@@H](Cc1ccccc1)C(N)=O. The maximum absolute atomic E-state index is 14.2. The Morgan fingerprint density at radius 3 is 1.25 bits per heavy atom. The summed E-state index contributed by atoms with van der Waals surface area (Å²) in [5.41, 5.74) is 50.7. The lowest BCUT2D eigenvalue weighted by Crippen LogP contribution is -2.46. The number of guanidine groups is 2. The molecule has 101 heavy (non-hydrogen) atoms. The summed E-state index contributed by atoms with van der Waals surface area (Å²) in [7, 11) is 0. The van der Waals surface area contributed by atoms with Crippen molar-refractivity contribution in [2.24, 2.45) is 85.4 Å². The van der Waals surface area contributed by atoms with Gasteiger partial charge in [-0.05, 0) is 214 Å². The number of aliphatic imine (C=N–C) groups is 2. The third-order valence-corrected chi connectivity index (χ3v) is 17.2. The number of Topliss-reactive ketones (excluding diaryl/α,β-unsaturated/α-hetero) is 4. The van der Waals surface area contributed by atoms with Crippen LogP contribution in [0.25, 0.3) is 0 Å². The molecule has 0 fully saturated rings. The van der Waals surface area contributed by atoms with Gasteiger partial charge in [0, 0.05) is 74.9 Å². The number of carbonyl (C=O) groups excluding carboxylic acids is 9. The maximum Gasteiger partial charge on any atom is 0.407 e. The van der Waals surface area contributed by atoms with Crippen molar-refractivity contribution in [3.05, 3.63) is 129 Å². The van der Waals surface area contributed by atoms with Crippen molar-refractivity contribution in [1.29, 1.82) is 0 Å². The van der Waals surface area contributed by atoms with Crippen LogP contribution in [0.15, 0.2) is 94.9 Å². The van der Waals surface area contributed by atoms with Crippen LogP contribution < -0.4 is 61.8 Å². The van der Waals surface area contributed by atoms with E-state index in [2.05, 4.69) is 25.9 Å². The lowest BCUT2D eigenvalue weighted by Gasteiger charge is -2.25. The fourth-order valence-electron chi connectivity index (χ4n) is 11.7. The molecule has 0 heterocycles. The molecule has 0 spiro atoms. The number of nitrogens with one attached hydrogen (secondary N) is 3. The Balaban J connectivity index is 0.000001000. The molecule has 0 saturated heterocycles. The van der Waals surface area contributed by atoms with Crippen molar-refractivity contribution in [3.63, 3.8) is 0 Å². The van der Waals surface area contributed by atoms with Crippen LogP contribution in [0.5, 0.6) is 11.5 Å². The van der Waals surface area contributed by atoms with E-state index in [4.69, 9.17) is 50.6 Å². The number of primary amides is 2. The van der Waals surface area contributed by atoms with Crippen molar-refractivity contribution in [1.82, 2.24) is 16.0 Å². The second-order valence-electron chi connectivity index (χ2n) is 26.9. The summed E-state index contributed by atoms with van der Waals surface area (Å²) in [6.07, 6.45) is 4.49. The summed E-state index contributed by atoms with van der Waals surface area (Å²) in [6, 6.07) is 22.2. The molecule has 25 heteroatoms. The summed E-state index contributed by atoms with van der Waals surface area (Å²) in [6.45, 7) is 15.8. The van der Waals surface area contributed by atoms with Crippen LogP contribution >= 0.6 is 0 Å². The zero-order valence-corrected chi connectivity index (χ0v) is 59.2. The van der Waals surface area contributed by atoms with Crippen molar-refractivity contribution in [2.45, 2.75) is 210 Å². The number of alkyl carbamates (subject to hydrolysis) is 1. The number of unbranched alkanes of at least 4 members (excludes halogenated alkanes) is 2. The van der Waals surface area contributed by atoms with Gasteiger partial charge in [-0.3, -0.25) is 48.3 Å². The number of nitrogens with zero attached hydrogens (tertiary/aromatic N) is 2. The molecule has 0 saturated carbocycles. The maximum atomic E-state index is 14.2. The van der Waals surface area contributed by atoms with Crippen LogP contribution in [-0.4, -0.2) is 125 Å². The Bertz CT molecular complexity index is 3300. The quantitative estimate of drug-likeness (QED) is 0.0120. The molecule has 4 rings (SSSR count). The van der Waals surface area contributed by atoms with Gasteiger partial charge in [0.25, 0.3) is 0 Å². The molecule has 4 aromatic carbocycles. The number of hydrogen-bond acceptors (Lipinski definition) is 16. The average molecular weight is 1410 g/mol. The molecule has 5 amide bonds. The predicted octanol–water partition coefficient (Wildman–Crippen LogP) is 7.00. The Labute approximate surface area is 598 Å². The normalized spacial score (nSPS) is 13.3. The number of phenolic OH excluding ortho intramolecular Hbond substituents is 2. The van der Waals surface area contributed by atoms with E-state index in [0.717, 1.165) is 44.5 Å². The second-order valence-corrected chi connectivity index (χ2v) is 26.9. The lowest BCUT2D eigenvalue weighted by molar-refractivity contribution is -0.134. The topological polar surface area (TPSA) is 472 Å². The van der Waals surface area contributed by atoms with Gasteiger partial charge >= 0.3 is 6.09 Å². The molecule has 0 bridgehead atoms. The van der Waals surface area contributed by atoms with Gasteiger partial charge in [0.15, 0.2) is 23.5 Å². The predicted molar refractivity (Wildman–Crippen MR) is 399 cm³/mol. The number of phenols is 2. The molecule has 0 aliphatic carbocycles. The van der Waals surface area contributed by atoms with Gasteiger partial charge in [0.05, 0.1) is 18.1 Å². The highest BCUT2D eigenvalue weighted by molar-refractivity contribution is 5.96. The Morgan fingerprint density at radius 2 is 0.871 bits per heavy atom. The summed E-state index contributed by atoms with van der Waals surface area (Å²) < 4.78 is 5.29. The zero-order valence-electron chi connectivity index (χ0n) is 59.2. The van der Waals surface area contributed by atoms with Gasteiger partial charge in [-0.1, -0.05) is 82.4 Å². The monoisotopic (exact) mass is 1410 g/mol. The third kappa shape index (κ3) is 35.1. The highest BCUT2D eigenvalue weighted by atomic mass is 16.6. The van der Waals surface area contributed by atoms with Crippen LogP contribution in [0, 0.1) is 57.3 Å². The number of amides is 5. The first kappa shape index (κ1) is 89.8. The number of aromatic hydroxyl groups is 2. The summed E-state index contributed by atoms with van der Waals surface area (Å²) in [4.78, 5) is 127. The summed E-state index contributed by atoms with van der Waals surface area (Å²) in [5.74, 6) is -6.71. The number of nitrogens with two attached hydrogens (primary N) is 8. The molecule has 21 N–H and O–H groups in total. The van der Waals surface area contributed by atoms with E-state index < -0.39 is 77.1 Å². The number of hydrogen-bond donors (Lipinski definition) is 13. The first-order valence-electron chi connectivity index (χ1n) is 34.2. The second kappa shape index (κ2) is 46.2. The van der Waals surface area contributed by atoms with Gasteiger partial charge in [0.2, 0.25) is 23.6 Å². The molecule has 560 valence electrons. The molecule has 25 nitrogen and oxygen atoms in total. The number of aryl methyl sites for hydroxylation is 4. The van der Waals surface area contributed by atoms with E-state index >= 15 is 0 Å². The van der Waals surface area contributed by atoms with Gasteiger partial charge in [-0.2, -0.15) is 0 Å². The Hall–Kier alpha value is -9.23. The molecule has 8 atom stereocenters. The highest BCUT2D eigenvalue weighted by Crippen LogP contribution is 2.29. The van der Waals surface area contributed by atoms with Crippen molar-refractivity contribution >= 4 is 64.8 Å². The third-order valence-electron chi connectivity index (χ3n) is 17.2. The number of carbonyl (C=O) groups is 9. The number of ketones is 4. The molecule has 0 unspecified atom stereocenters. The fourth-order valence-corrected chi connectivity index (χ4v) is 11.7. The van der Waals surface area contributed by atoms with E-state index in [1.165, 1.54) is 0 Å². The number of ether oxygens (including phenoxy) is 1. The molecular formula is C76H119N13O12. The molecule has 0 aromatic heterocycles. The Morgan fingerprint density at radius 1 is 0.495 bits per heavy atom. The van der Waals surface area contributed by atoms with Crippen molar-refractivity contribution in [2.75, 3.05) is 26.2 Å². The largest absolute Gasteiger partial charge is 0.508 e. The lowest BCUT2D eigenvalue weighted by atomic mass is 9.85. The molecular weight excluding hydrogens is 1290 g/mol. The summed E-state index contributed by atoms with van der Waals surface area (Å²) in [5, 5.41) is 28.7. The molecule has 0 radical (unpaired) electrons. The zero-order chi connectivity index (χ0) is 73.9. The van der Waals surface area contributed by atoms with E-state index in [0.29, 0.717) is 90.4 Å². The van der Waals surface area contributed by atoms with E-state index in [9.17, 15) is 53.4 Å². The minimum absolute atomic E-state index is 0. The molecule has 0 aliphatic rings. The average Bonchev–Trinajstić information content (AvgIpc) is 0.836. The van der Waals surface area contributed by atoms with Gasteiger partial charge in [-0.25, -0.2) is 4.79 Å². The van der Waals surface area contributed by atoms with E-state index in [-0.39, 0.29) is 119 Å². The van der Waals surface area contributed by atoms with Crippen LogP contribution in [0.4, 0.5) is 4.79 Å². The first-order chi connectivity index (χ1) is 46.7. The number of benzene rings is 4. The van der Waals surface area contributed by atoms with Crippen LogP contribution in [-0.2, 0) is 68.8 Å². The highest BCUT2D eigenvalue weighted by Gasteiger charge is 2.34. The molecule has 4 aromatic rings. The minimum Gasteiger partial charge on any atom is -0.508 e. The smallest absolute Gasteiger partial charge is 0.407 e. The van der Waals surface area contributed by atoms with E-state index in [1.54, 1.807) is 52.0 Å². The fraction of sp³-hybridized carbons (Fsp3) is 0.539. The van der Waals surface area contributed by atoms with Crippen LogP contribution in [0.3, 0.4) is 0 Å².